The number of nitrogens with one attached hydrogen (secondary N) is 4. The van der Waals surface area contributed by atoms with Gasteiger partial charge in [-0.1, -0.05) is 12.1 Å². The van der Waals surface area contributed by atoms with Crippen molar-refractivity contribution in [2.75, 3.05) is 18.6 Å². The van der Waals surface area contributed by atoms with E-state index in [9.17, 15) is 29.4 Å². The molecule has 3 atom stereocenters. The van der Waals surface area contributed by atoms with Gasteiger partial charge in [0.25, 0.3) is 0 Å². The summed E-state index contributed by atoms with van der Waals surface area (Å²) in [4.78, 5) is 56.4. The molecular formula is C22H30N6O6S. The predicted molar refractivity (Wildman–Crippen MR) is 130 cm³/mol. The molecule has 0 saturated heterocycles. The Morgan fingerprint density at radius 3 is 2.26 bits per heavy atom. The average molecular weight is 507 g/mol. The third-order valence-electron chi connectivity index (χ3n) is 5.05. The second-order valence-electron chi connectivity index (χ2n) is 7.72. The normalized spacial score (nSPS) is 13.3. The Bertz CT molecular complexity index is 985. The molecule has 0 radical (unpaired) electrons. The number of benzene rings is 1. The number of hydrogen-bond donors (Lipinski definition) is 7. The van der Waals surface area contributed by atoms with Crippen LogP contribution in [0.25, 0.3) is 0 Å². The van der Waals surface area contributed by atoms with Crippen LogP contribution >= 0.6 is 11.8 Å². The van der Waals surface area contributed by atoms with Gasteiger partial charge >= 0.3 is 5.97 Å². The fourth-order valence-electron chi connectivity index (χ4n) is 3.20. The third kappa shape index (κ3) is 9.29. The number of phenolic OH excluding ortho intramolecular Hbond substituents is 1. The minimum Gasteiger partial charge on any atom is -0.508 e. The maximum atomic E-state index is 13.1. The quantitative estimate of drug-likeness (QED) is 0.170. The number of imidazole rings is 1. The van der Waals surface area contributed by atoms with E-state index in [4.69, 9.17) is 5.73 Å². The number of phenols is 1. The van der Waals surface area contributed by atoms with Gasteiger partial charge in [0.1, 0.15) is 23.9 Å². The van der Waals surface area contributed by atoms with Crippen molar-refractivity contribution in [3.05, 3.63) is 48.0 Å². The van der Waals surface area contributed by atoms with E-state index >= 15 is 0 Å². The Balaban J connectivity index is 2.18. The average Bonchev–Trinajstić information content (AvgIpc) is 3.35. The summed E-state index contributed by atoms with van der Waals surface area (Å²) < 4.78 is 0. The van der Waals surface area contributed by atoms with Crippen LogP contribution in [0.5, 0.6) is 5.75 Å². The molecule has 0 aliphatic heterocycles. The molecule has 3 amide bonds. The van der Waals surface area contributed by atoms with E-state index in [1.54, 1.807) is 12.1 Å². The van der Waals surface area contributed by atoms with Crippen molar-refractivity contribution in [3.8, 4) is 5.75 Å². The molecule has 2 aromatic rings. The van der Waals surface area contributed by atoms with E-state index < -0.39 is 41.8 Å². The molecule has 1 heterocycles. The van der Waals surface area contributed by atoms with Gasteiger partial charge in [-0.3, -0.25) is 14.4 Å². The molecule has 35 heavy (non-hydrogen) atoms. The van der Waals surface area contributed by atoms with E-state index in [1.807, 2.05) is 6.26 Å². The van der Waals surface area contributed by atoms with Crippen LogP contribution in [0, 0.1) is 0 Å². The Hall–Kier alpha value is -3.58. The monoisotopic (exact) mass is 506 g/mol. The van der Waals surface area contributed by atoms with Gasteiger partial charge in [0.2, 0.25) is 17.7 Å². The lowest BCUT2D eigenvalue weighted by Gasteiger charge is -2.24. The van der Waals surface area contributed by atoms with Gasteiger partial charge in [-0.05, 0) is 36.1 Å². The van der Waals surface area contributed by atoms with E-state index in [-0.39, 0.29) is 25.1 Å². The highest BCUT2D eigenvalue weighted by Gasteiger charge is 2.30. The number of carbonyl (C=O) groups is 4. The van der Waals surface area contributed by atoms with Crippen molar-refractivity contribution in [3.63, 3.8) is 0 Å². The summed E-state index contributed by atoms with van der Waals surface area (Å²) in [7, 11) is 0. The standard InChI is InChI=1S/C22H30N6O6S/c1-35-7-6-16(26-19(30)10-23)20(31)27-17(9-14-11-24-12-25-14)21(32)28-18(22(33)34)8-13-2-4-15(29)5-3-13/h2-5,11-12,16-18,29H,6-10,23H2,1H3,(H,24,25)(H,26,30)(H,27,31)(H,28,32)(H,33,34). The summed E-state index contributed by atoms with van der Waals surface area (Å²) in [6, 6.07) is 2.61. The molecule has 12 nitrogen and oxygen atoms in total. The SMILES string of the molecule is CSCCC(NC(=O)CN)C(=O)NC(Cc1cnc[nH]1)C(=O)NC(Cc1ccc(O)cc1)C(=O)O. The summed E-state index contributed by atoms with van der Waals surface area (Å²) in [5.41, 5.74) is 6.48. The number of aromatic amines is 1. The van der Waals surface area contributed by atoms with Crippen molar-refractivity contribution in [2.24, 2.45) is 5.73 Å². The molecule has 0 fully saturated rings. The van der Waals surface area contributed by atoms with Crippen molar-refractivity contribution in [2.45, 2.75) is 37.4 Å². The summed E-state index contributed by atoms with van der Waals surface area (Å²) in [5.74, 6) is -2.47. The van der Waals surface area contributed by atoms with Gasteiger partial charge < -0.3 is 36.9 Å². The summed E-state index contributed by atoms with van der Waals surface area (Å²) in [6.45, 7) is -0.293. The first-order valence-corrected chi connectivity index (χ1v) is 12.2. The van der Waals surface area contributed by atoms with Crippen LogP contribution in [0.1, 0.15) is 17.7 Å². The highest BCUT2D eigenvalue weighted by molar-refractivity contribution is 7.98. The van der Waals surface area contributed by atoms with E-state index in [0.29, 0.717) is 23.4 Å². The number of hydrogen-bond acceptors (Lipinski definition) is 8. The van der Waals surface area contributed by atoms with Gasteiger partial charge in [0.15, 0.2) is 0 Å². The van der Waals surface area contributed by atoms with Gasteiger partial charge in [0, 0.05) is 24.7 Å². The molecule has 3 unspecified atom stereocenters. The second-order valence-corrected chi connectivity index (χ2v) is 8.70. The molecule has 1 aromatic carbocycles. The number of amides is 3. The number of H-pyrrole nitrogens is 1. The van der Waals surface area contributed by atoms with Crippen LogP contribution in [-0.4, -0.2) is 80.6 Å². The third-order valence-corrected chi connectivity index (χ3v) is 5.69. The molecule has 0 bridgehead atoms. The minimum absolute atomic E-state index is 0.0171. The second kappa shape index (κ2) is 14.0. The van der Waals surface area contributed by atoms with E-state index in [2.05, 4.69) is 25.9 Å². The van der Waals surface area contributed by atoms with Crippen molar-refractivity contribution in [1.29, 1.82) is 0 Å². The molecule has 0 spiro atoms. The Morgan fingerprint density at radius 2 is 1.69 bits per heavy atom. The number of carbonyl (C=O) groups excluding carboxylic acids is 3. The zero-order chi connectivity index (χ0) is 25.8. The zero-order valence-corrected chi connectivity index (χ0v) is 20.0. The largest absolute Gasteiger partial charge is 0.508 e. The lowest BCUT2D eigenvalue weighted by Crippen LogP contribution is -2.57. The number of nitrogens with two attached hydrogens (primary N) is 1. The lowest BCUT2D eigenvalue weighted by atomic mass is 10.0. The highest BCUT2D eigenvalue weighted by atomic mass is 32.2. The molecule has 2 rings (SSSR count). The zero-order valence-electron chi connectivity index (χ0n) is 19.2. The molecule has 0 saturated carbocycles. The first kappa shape index (κ1) is 27.7. The maximum Gasteiger partial charge on any atom is 0.326 e. The summed E-state index contributed by atoms with van der Waals surface area (Å²) in [6.07, 6.45) is 5.06. The Kier molecular flexibility index (Phi) is 11.0. The van der Waals surface area contributed by atoms with E-state index in [0.717, 1.165) is 0 Å². The highest BCUT2D eigenvalue weighted by Crippen LogP contribution is 2.12. The number of aromatic hydroxyl groups is 1. The summed E-state index contributed by atoms with van der Waals surface area (Å²) in [5, 5.41) is 26.7. The topological polar surface area (TPSA) is 200 Å². The Labute approximate surface area is 206 Å². The summed E-state index contributed by atoms with van der Waals surface area (Å²) >= 11 is 1.49. The number of thioether (sulfide) groups is 1. The maximum absolute atomic E-state index is 13.1. The number of rotatable bonds is 14. The molecule has 0 aliphatic carbocycles. The smallest absolute Gasteiger partial charge is 0.326 e. The van der Waals surface area contributed by atoms with E-state index in [1.165, 1.54) is 36.4 Å². The van der Waals surface area contributed by atoms with Crippen LogP contribution in [0.4, 0.5) is 0 Å². The first-order chi connectivity index (χ1) is 16.7. The number of aliphatic carboxylic acids is 1. The van der Waals surface area contributed by atoms with Crippen LogP contribution < -0.4 is 21.7 Å². The Morgan fingerprint density at radius 1 is 1.03 bits per heavy atom. The number of carboxylic acid groups (broad SMARTS) is 1. The van der Waals surface area contributed by atoms with Gasteiger partial charge in [-0.2, -0.15) is 11.8 Å². The fraction of sp³-hybridized carbons (Fsp3) is 0.409. The lowest BCUT2D eigenvalue weighted by molar-refractivity contribution is -0.142. The molecule has 190 valence electrons. The molecule has 1 aromatic heterocycles. The number of aromatic nitrogens is 2. The fourth-order valence-corrected chi connectivity index (χ4v) is 3.67. The molecule has 13 heteroatoms. The predicted octanol–water partition coefficient (Wildman–Crippen LogP) is -0.849. The van der Waals surface area contributed by atoms with Crippen molar-refractivity contribution >= 4 is 35.5 Å². The van der Waals surface area contributed by atoms with Gasteiger partial charge in [-0.25, -0.2) is 9.78 Å². The molecular weight excluding hydrogens is 476 g/mol. The minimum atomic E-state index is -1.28. The van der Waals surface area contributed by atoms with Crippen molar-refractivity contribution in [1.82, 2.24) is 25.9 Å². The first-order valence-electron chi connectivity index (χ1n) is 10.8. The van der Waals surface area contributed by atoms with Crippen LogP contribution in [0.2, 0.25) is 0 Å². The van der Waals surface area contributed by atoms with Crippen LogP contribution in [0.15, 0.2) is 36.8 Å². The number of nitrogens with zero attached hydrogens (tertiary/aromatic N) is 1. The van der Waals surface area contributed by atoms with Crippen molar-refractivity contribution < 1.29 is 29.4 Å². The van der Waals surface area contributed by atoms with Crippen LogP contribution in [-0.2, 0) is 32.0 Å². The van der Waals surface area contributed by atoms with Gasteiger partial charge in [0.05, 0.1) is 12.9 Å². The molecule has 8 N–H and O–H groups in total. The van der Waals surface area contributed by atoms with Gasteiger partial charge in [-0.15, -0.1) is 0 Å². The number of carboxylic acids is 1. The van der Waals surface area contributed by atoms with Crippen LogP contribution in [0.3, 0.4) is 0 Å². The molecule has 0 aliphatic rings.